The summed E-state index contributed by atoms with van der Waals surface area (Å²) in [5.74, 6) is 0.382. The van der Waals surface area contributed by atoms with Crippen molar-refractivity contribution in [1.29, 1.82) is 0 Å². The Morgan fingerprint density at radius 3 is 2.67 bits per heavy atom. The molecule has 0 radical (unpaired) electrons. The average molecular weight is 328 g/mol. The van der Waals surface area contributed by atoms with E-state index in [9.17, 15) is 9.59 Å². The predicted octanol–water partition coefficient (Wildman–Crippen LogP) is 1.09. The summed E-state index contributed by atoms with van der Waals surface area (Å²) in [6.07, 6.45) is 1.82. The maximum atomic E-state index is 12.5. The number of amides is 2. The molecule has 126 valence electrons. The number of likely N-dealkylation sites (tertiary alicyclic amines) is 1. The quantitative estimate of drug-likeness (QED) is 0.907. The summed E-state index contributed by atoms with van der Waals surface area (Å²) < 4.78 is 1.49. The van der Waals surface area contributed by atoms with Gasteiger partial charge in [-0.15, -0.1) is 0 Å². The van der Waals surface area contributed by atoms with Gasteiger partial charge in [-0.2, -0.15) is 9.78 Å². The van der Waals surface area contributed by atoms with E-state index in [0.717, 1.165) is 11.4 Å². The predicted molar refractivity (Wildman–Crippen MR) is 87.6 cm³/mol. The fraction of sp³-hybridized carbons (Fsp3) is 0.438. The van der Waals surface area contributed by atoms with Crippen molar-refractivity contribution in [2.75, 3.05) is 18.4 Å². The first kappa shape index (κ1) is 16.1. The van der Waals surface area contributed by atoms with E-state index in [4.69, 9.17) is 0 Å². The number of nitrogens with zero attached hydrogens (tertiary/aromatic N) is 5. The molecule has 2 aromatic heterocycles. The Labute approximate surface area is 139 Å². The van der Waals surface area contributed by atoms with E-state index < -0.39 is 0 Å². The third kappa shape index (κ3) is 3.12. The summed E-state index contributed by atoms with van der Waals surface area (Å²) in [5.41, 5.74) is 1.65. The second-order valence-electron chi connectivity index (χ2n) is 5.90. The van der Waals surface area contributed by atoms with Gasteiger partial charge in [0.1, 0.15) is 5.82 Å². The summed E-state index contributed by atoms with van der Waals surface area (Å²) >= 11 is 0. The summed E-state index contributed by atoms with van der Waals surface area (Å²) in [6.45, 7) is 6.74. The van der Waals surface area contributed by atoms with Crippen molar-refractivity contribution in [3.8, 4) is 5.95 Å². The Balaban J connectivity index is 1.79. The zero-order valence-electron chi connectivity index (χ0n) is 14.0. The molecular weight excluding hydrogens is 308 g/mol. The highest BCUT2D eigenvalue weighted by Crippen LogP contribution is 2.20. The lowest BCUT2D eigenvalue weighted by Gasteiger charge is -2.14. The topological polar surface area (TPSA) is 93.0 Å². The van der Waals surface area contributed by atoms with Gasteiger partial charge < -0.3 is 10.2 Å². The van der Waals surface area contributed by atoms with Gasteiger partial charge in [0.25, 0.3) is 5.95 Å². The van der Waals surface area contributed by atoms with Crippen LogP contribution in [0.5, 0.6) is 0 Å². The van der Waals surface area contributed by atoms with Crippen molar-refractivity contribution < 1.29 is 9.59 Å². The van der Waals surface area contributed by atoms with E-state index in [2.05, 4.69) is 20.4 Å². The van der Waals surface area contributed by atoms with Crippen molar-refractivity contribution in [3.05, 3.63) is 29.7 Å². The molecule has 24 heavy (non-hydrogen) atoms. The first-order chi connectivity index (χ1) is 11.5. The summed E-state index contributed by atoms with van der Waals surface area (Å²) in [4.78, 5) is 34.7. The Hall–Kier alpha value is -2.77. The molecule has 8 heteroatoms. The third-order valence-electron chi connectivity index (χ3n) is 4.02. The molecule has 1 aliphatic heterocycles. The van der Waals surface area contributed by atoms with Crippen LogP contribution in [-0.4, -0.2) is 49.6 Å². The number of aryl methyl sites for hydroxylation is 2. The number of hydrogen-bond donors (Lipinski definition) is 1. The van der Waals surface area contributed by atoms with E-state index in [1.807, 2.05) is 26.8 Å². The Morgan fingerprint density at radius 1 is 1.33 bits per heavy atom. The van der Waals surface area contributed by atoms with Crippen LogP contribution in [0.3, 0.4) is 0 Å². The van der Waals surface area contributed by atoms with Crippen molar-refractivity contribution in [1.82, 2.24) is 24.6 Å². The first-order valence-corrected chi connectivity index (χ1v) is 7.93. The van der Waals surface area contributed by atoms with Crippen LogP contribution in [0.15, 0.2) is 18.3 Å². The Kier molecular flexibility index (Phi) is 4.28. The van der Waals surface area contributed by atoms with Gasteiger partial charge in [0.05, 0.1) is 12.1 Å². The van der Waals surface area contributed by atoms with Gasteiger partial charge in [0.15, 0.2) is 0 Å². The van der Waals surface area contributed by atoms with Crippen molar-refractivity contribution in [3.63, 3.8) is 0 Å². The highest BCUT2D eigenvalue weighted by molar-refractivity contribution is 5.96. The fourth-order valence-corrected chi connectivity index (χ4v) is 2.84. The van der Waals surface area contributed by atoms with Gasteiger partial charge in [-0.25, -0.2) is 9.97 Å². The molecule has 0 aliphatic carbocycles. The third-order valence-corrected chi connectivity index (χ3v) is 4.02. The fourth-order valence-electron chi connectivity index (χ4n) is 2.84. The molecule has 0 bridgehead atoms. The monoisotopic (exact) mass is 328 g/mol. The van der Waals surface area contributed by atoms with Crippen LogP contribution in [0.2, 0.25) is 0 Å². The lowest BCUT2D eigenvalue weighted by Crippen LogP contribution is -2.28. The minimum atomic E-state index is -0.346. The molecule has 1 atom stereocenters. The van der Waals surface area contributed by atoms with Gasteiger partial charge in [0, 0.05) is 37.0 Å². The lowest BCUT2D eigenvalue weighted by molar-refractivity contribution is -0.128. The van der Waals surface area contributed by atoms with Gasteiger partial charge in [-0.05, 0) is 26.8 Å². The van der Waals surface area contributed by atoms with Crippen LogP contribution in [0.25, 0.3) is 5.95 Å². The van der Waals surface area contributed by atoms with E-state index >= 15 is 0 Å². The van der Waals surface area contributed by atoms with E-state index in [0.29, 0.717) is 24.9 Å². The second-order valence-corrected chi connectivity index (χ2v) is 5.90. The number of carbonyl (C=O) groups is 2. The van der Waals surface area contributed by atoms with Gasteiger partial charge >= 0.3 is 0 Å². The Morgan fingerprint density at radius 2 is 2.04 bits per heavy atom. The lowest BCUT2D eigenvalue weighted by atomic mass is 10.1. The summed E-state index contributed by atoms with van der Waals surface area (Å²) in [6, 6.07) is 3.56. The molecule has 1 unspecified atom stereocenters. The van der Waals surface area contributed by atoms with Crippen LogP contribution in [0, 0.1) is 19.8 Å². The molecule has 1 saturated heterocycles. The van der Waals surface area contributed by atoms with E-state index in [-0.39, 0.29) is 24.2 Å². The molecule has 2 amide bonds. The van der Waals surface area contributed by atoms with Crippen LogP contribution in [0.1, 0.15) is 24.7 Å². The van der Waals surface area contributed by atoms with Crippen molar-refractivity contribution in [2.24, 2.45) is 5.92 Å². The molecule has 0 spiro atoms. The second kappa shape index (κ2) is 6.38. The largest absolute Gasteiger partial charge is 0.342 e. The van der Waals surface area contributed by atoms with Crippen LogP contribution < -0.4 is 5.32 Å². The highest BCUT2D eigenvalue weighted by atomic mass is 16.2. The van der Waals surface area contributed by atoms with Gasteiger partial charge in [0.2, 0.25) is 11.8 Å². The molecule has 0 saturated carbocycles. The van der Waals surface area contributed by atoms with E-state index in [1.54, 1.807) is 17.2 Å². The highest BCUT2D eigenvalue weighted by Gasteiger charge is 2.33. The zero-order chi connectivity index (χ0) is 17.3. The molecular formula is C16H20N6O2. The van der Waals surface area contributed by atoms with Gasteiger partial charge in [-0.1, -0.05) is 0 Å². The number of hydrogen-bond acceptors (Lipinski definition) is 5. The van der Waals surface area contributed by atoms with Crippen LogP contribution in [0.4, 0.5) is 5.82 Å². The van der Waals surface area contributed by atoms with Gasteiger partial charge in [-0.3, -0.25) is 9.59 Å². The number of anilines is 1. The minimum absolute atomic E-state index is 0.0174. The normalized spacial score (nSPS) is 17.4. The number of aromatic nitrogens is 4. The summed E-state index contributed by atoms with van der Waals surface area (Å²) in [7, 11) is 0. The number of nitrogens with one attached hydrogen (secondary N) is 1. The maximum Gasteiger partial charge on any atom is 0.252 e. The molecule has 2 aromatic rings. The molecule has 3 rings (SSSR count). The van der Waals surface area contributed by atoms with Crippen molar-refractivity contribution in [2.45, 2.75) is 27.2 Å². The van der Waals surface area contributed by atoms with Crippen molar-refractivity contribution >= 4 is 17.6 Å². The smallest absolute Gasteiger partial charge is 0.252 e. The van der Waals surface area contributed by atoms with E-state index in [1.165, 1.54) is 4.68 Å². The molecule has 3 heterocycles. The number of carbonyl (C=O) groups excluding carboxylic acids is 2. The first-order valence-electron chi connectivity index (χ1n) is 7.93. The molecule has 1 aliphatic rings. The molecule has 1 N–H and O–H groups in total. The average Bonchev–Trinajstić information content (AvgIpc) is 3.12. The standard InChI is InChI=1S/C16H20N6O2/c1-4-21-9-12(8-14(21)23)15(24)20-13-5-6-17-22(13)16-18-10(2)7-11(3)19-16/h5-7,12H,4,8-9H2,1-3H3,(H,20,24). The SMILES string of the molecule is CCN1CC(C(=O)Nc2ccnn2-c2nc(C)cc(C)n2)CC1=O. The maximum absolute atomic E-state index is 12.5. The molecule has 8 nitrogen and oxygen atoms in total. The zero-order valence-corrected chi connectivity index (χ0v) is 14.0. The molecule has 1 fully saturated rings. The van der Waals surface area contributed by atoms with Crippen LogP contribution >= 0.6 is 0 Å². The summed E-state index contributed by atoms with van der Waals surface area (Å²) in [5, 5.41) is 7.03. The minimum Gasteiger partial charge on any atom is -0.342 e. The van der Waals surface area contributed by atoms with Crippen LogP contribution in [-0.2, 0) is 9.59 Å². The number of rotatable bonds is 4. The Bertz CT molecular complexity index is 764. The molecule has 0 aromatic carbocycles.